The Hall–Kier alpha value is -0.960. The van der Waals surface area contributed by atoms with Gasteiger partial charge in [-0.05, 0) is 11.6 Å². The molecule has 0 unspecified atom stereocenters. The molecule has 1 heterocycles. The number of hydrogen-bond acceptors (Lipinski definition) is 2. The van der Waals surface area contributed by atoms with Crippen molar-refractivity contribution >= 4 is 27.8 Å². The van der Waals surface area contributed by atoms with Crippen LogP contribution < -0.4 is 0 Å². The van der Waals surface area contributed by atoms with Crippen molar-refractivity contribution in [3.63, 3.8) is 0 Å². The Labute approximate surface area is 85.8 Å². The van der Waals surface area contributed by atoms with E-state index >= 15 is 0 Å². The van der Waals surface area contributed by atoms with Gasteiger partial charge in [0.1, 0.15) is 5.69 Å². The zero-order valence-electron chi connectivity index (χ0n) is 7.33. The highest BCUT2D eigenvalue weighted by atomic mass is 79.9. The number of ketones is 1. The normalized spacial score (nSPS) is 10.6. The molecule has 2 nitrogen and oxygen atoms in total. The first-order chi connectivity index (χ1) is 6.24. The number of aromatic nitrogens is 1. The summed E-state index contributed by atoms with van der Waals surface area (Å²) in [4.78, 5) is 14.9. The van der Waals surface area contributed by atoms with Gasteiger partial charge in [0, 0.05) is 18.5 Å². The Morgan fingerprint density at radius 3 is 2.85 bits per heavy atom. The fraction of sp³-hybridized carbons (Fsp3) is 0.200. The molecule has 0 amide bonds. The number of allylic oxidation sites excluding steroid dienone is 1. The van der Waals surface area contributed by atoms with Crippen LogP contribution in [0, 0.1) is 0 Å². The average Bonchev–Trinajstić information content (AvgIpc) is 2.15. The van der Waals surface area contributed by atoms with Crippen molar-refractivity contribution in [2.75, 3.05) is 5.33 Å². The molecule has 1 aromatic heterocycles. The predicted molar refractivity (Wildman–Crippen MR) is 57.1 cm³/mol. The first kappa shape index (κ1) is 10.1. The van der Waals surface area contributed by atoms with Crippen molar-refractivity contribution in [2.24, 2.45) is 0 Å². The second-order valence-electron chi connectivity index (χ2n) is 2.59. The second kappa shape index (κ2) is 4.92. The second-order valence-corrected chi connectivity index (χ2v) is 3.24. The molecule has 0 aliphatic rings. The van der Waals surface area contributed by atoms with Crippen molar-refractivity contribution in [1.29, 1.82) is 0 Å². The number of rotatable bonds is 3. The Morgan fingerprint density at radius 2 is 2.38 bits per heavy atom. The molecule has 0 fully saturated rings. The number of pyridine rings is 1. The Balaban J connectivity index is 2.81. The predicted octanol–water partition coefficient (Wildman–Crippen LogP) is 2.69. The molecule has 1 aromatic rings. The Morgan fingerprint density at radius 1 is 1.62 bits per heavy atom. The maximum absolute atomic E-state index is 10.9. The molecule has 0 saturated carbocycles. The molecule has 0 N–H and O–H groups in total. The molecule has 1 rings (SSSR count). The summed E-state index contributed by atoms with van der Waals surface area (Å²) in [6, 6.07) is 3.61. The number of halogens is 1. The van der Waals surface area contributed by atoms with Crippen LogP contribution in [0.25, 0.3) is 6.08 Å². The van der Waals surface area contributed by atoms with E-state index in [9.17, 15) is 4.79 Å². The number of carbonyl (C=O) groups is 1. The van der Waals surface area contributed by atoms with E-state index in [0.29, 0.717) is 5.69 Å². The van der Waals surface area contributed by atoms with Gasteiger partial charge >= 0.3 is 0 Å². The van der Waals surface area contributed by atoms with Crippen LogP contribution in [0.5, 0.6) is 0 Å². The summed E-state index contributed by atoms with van der Waals surface area (Å²) in [6.45, 7) is 1.51. The Kier molecular flexibility index (Phi) is 3.83. The molecule has 0 aromatic carbocycles. The molecule has 0 aliphatic carbocycles. The standard InChI is InChI=1S/C10H10BrNO/c1-8(13)10-5-4-9(7-12-10)3-2-6-11/h2-5,7H,6H2,1H3. The average molecular weight is 240 g/mol. The SMILES string of the molecule is CC(=O)c1ccc(C=CCBr)cn1. The van der Waals surface area contributed by atoms with Gasteiger partial charge in [-0.1, -0.05) is 34.1 Å². The highest BCUT2D eigenvalue weighted by molar-refractivity contribution is 9.09. The van der Waals surface area contributed by atoms with Crippen LogP contribution in [0.15, 0.2) is 24.4 Å². The summed E-state index contributed by atoms with van der Waals surface area (Å²) in [5.74, 6) is -0.00368. The number of alkyl halides is 1. The number of Topliss-reactive ketones (excluding diaryl/α,β-unsaturated/α-hetero) is 1. The lowest BCUT2D eigenvalue weighted by molar-refractivity contribution is 0.101. The zero-order chi connectivity index (χ0) is 9.68. The van der Waals surface area contributed by atoms with Crippen LogP contribution >= 0.6 is 15.9 Å². The summed E-state index contributed by atoms with van der Waals surface area (Å²) >= 11 is 3.28. The number of carbonyl (C=O) groups excluding carboxylic acids is 1. The first-order valence-corrected chi connectivity index (χ1v) is 5.05. The molecular formula is C10H10BrNO. The molecule has 13 heavy (non-hydrogen) atoms. The van der Waals surface area contributed by atoms with Crippen molar-refractivity contribution in [3.05, 3.63) is 35.7 Å². The number of nitrogens with zero attached hydrogens (tertiary/aromatic N) is 1. The third-order valence-corrected chi connectivity index (χ3v) is 1.92. The van der Waals surface area contributed by atoms with Crippen LogP contribution in [-0.2, 0) is 0 Å². The topological polar surface area (TPSA) is 30.0 Å². The van der Waals surface area contributed by atoms with Gasteiger partial charge in [0.2, 0.25) is 0 Å². The molecular weight excluding hydrogens is 230 g/mol. The third-order valence-electron chi connectivity index (χ3n) is 1.55. The molecule has 0 saturated heterocycles. The maximum Gasteiger partial charge on any atom is 0.178 e. The lowest BCUT2D eigenvalue weighted by Gasteiger charge is -1.94. The van der Waals surface area contributed by atoms with Gasteiger partial charge in [0.05, 0.1) is 0 Å². The summed E-state index contributed by atoms with van der Waals surface area (Å²) in [5, 5.41) is 0.821. The van der Waals surface area contributed by atoms with E-state index in [4.69, 9.17) is 0 Å². The summed E-state index contributed by atoms with van der Waals surface area (Å²) in [6.07, 6.45) is 5.62. The molecule has 0 bridgehead atoms. The lowest BCUT2D eigenvalue weighted by atomic mass is 10.2. The van der Waals surface area contributed by atoms with E-state index in [1.807, 2.05) is 18.2 Å². The van der Waals surface area contributed by atoms with Crippen LogP contribution in [-0.4, -0.2) is 16.1 Å². The fourth-order valence-electron chi connectivity index (χ4n) is 0.893. The van der Waals surface area contributed by atoms with Crippen molar-refractivity contribution in [1.82, 2.24) is 4.98 Å². The smallest absolute Gasteiger partial charge is 0.178 e. The Bertz CT molecular complexity index is 316. The minimum Gasteiger partial charge on any atom is -0.293 e. The number of hydrogen-bond donors (Lipinski definition) is 0. The van der Waals surface area contributed by atoms with Gasteiger partial charge in [-0.3, -0.25) is 9.78 Å². The van der Waals surface area contributed by atoms with Gasteiger partial charge in [-0.25, -0.2) is 0 Å². The molecule has 3 heteroatoms. The van der Waals surface area contributed by atoms with E-state index in [0.717, 1.165) is 10.9 Å². The van der Waals surface area contributed by atoms with Gasteiger partial charge < -0.3 is 0 Å². The van der Waals surface area contributed by atoms with Crippen molar-refractivity contribution in [3.8, 4) is 0 Å². The fourth-order valence-corrected chi connectivity index (χ4v) is 1.08. The monoisotopic (exact) mass is 239 g/mol. The zero-order valence-corrected chi connectivity index (χ0v) is 8.91. The highest BCUT2D eigenvalue weighted by Gasteiger charge is 1.98. The highest BCUT2D eigenvalue weighted by Crippen LogP contribution is 2.03. The minimum atomic E-state index is -0.00368. The quantitative estimate of drug-likeness (QED) is 0.600. The molecule has 0 spiro atoms. The van der Waals surface area contributed by atoms with Gasteiger partial charge in [0.25, 0.3) is 0 Å². The largest absolute Gasteiger partial charge is 0.293 e. The van der Waals surface area contributed by atoms with Crippen LogP contribution in [0.3, 0.4) is 0 Å². The molecule has 68 valence electrons. The van der Waals surface area contributed by atoms with E-state index in [1.165, 1.54) is 6.92 Å². The summed E-state index contributed by atoms with van der Waals surface area (Å²) in [7, 11) is 0. The van der Waals surface area contributed by atoms with Crippen LogP contribution in [0.1, 0.15) is 23.0 Å². The maximum atomic E-state index is 10.9. The van der Waals surface area contributed by atoms with E-state index in [-0.39, 0.29) is 5.78 Å². The minimum absolute atomic E-state index is 0.00368. The van der Waals surface area contributed by atoms with Crippen LogP contribution in [0.2, 0.25) is 0 Å². The summed E-state index contributed by atoms with van der Waals surface area (Å²) in [5.41, 5.74) is 1.51. The van der Waals surface area contributed by atoms with Gasteiger partial charge in [-0.2, -0.15) is 0 Å². The first-order valence-electron chi connectivity index (χ1n) is 3.93. The summed E-state index contributed by atoms with van der Waals surface area (Å²) < 4.78 is 0. The molecule has 0 aliphatic heterocycles. The third kappa shape index (κ3) is 3.11. The lowest BCUT2D eigenvalue weighted by Crippen LogP contribution is -1.95. The van der Waals surface area contributed by atoms with Gasteiger partial charge in [-0.15, -0.1) is 0 Å². The van der Waals surface area contributed by atoms with Crippen molar-refractivity contribution in [2.45, 2.75) is 6.92 Å². The van der Waals surface area contributed by atoms with E-state index in [1.54, 1.807) is 12.3 Å². The molecule has 0 atom stereocenters. The van der Waals surface area contributed by atoms with Crippen LogP contribution in [0.4, 0.5) is 0 Å². The van der Waals surface area contributed by atoms with Gasteiger partial charge in [0.15, 0.2) is 5.78 Å². The van der Waals surface area contributed by atoms with E-state index in [2.05, 4.69) is 20.9 Å². The molecule has 0 radical (unpaired) electrons. The van der Waals surface area contributed by atoms with E-state index < -0.39 is 0 Å². The van der Waals surface area contributed by atoms with Crippen molar-refractivity contribution < 1.29 is 4.79 Å².